The highest BCUT2D eigenvalue weighted by molar-refractivity contribution is 5.93. The van der Waals surface area contributed by atoms with E-state index in [1.165, 1.54) is 0 Å². The monoisotopic (exact) mass is 294 g/mol. The van der Waals surface area contributed by atoms with Gasteiger partial charge in [-0.2, -0.15) is 5.10 Å². The number of aromatic amines is 1. The van der Waals surface area contributed by atoms with Crippen LogP contribution in [0, 0.1) is 19.8 Å². The lowest BCUT2D eigenvalue weighted by Crippen LogP contribution is -2.46. The molecule has 1 aromatic rings. The second-order valence-corrected chi connectivity index (χ2v) is 5.74. The highest BCUT2D eigenvalue weighted by atomic mass is 16.4. The first-order valence-electron chi connectivity index (χ1n) is 7.16. The molecule has 1 saturated heterocycles. The predicted molar refractivity (Wildman–Crippen MR) is 78.1 cm³/mol. The van der Waals surface area contributed by atoms with Crippen LogP contribution in [-0.2, 0) is 9.59 Å². The first-order chi connectivity index (χ1) is 9.88. The van der Waals surface area contributed by atoms with Crippen LogP contribution in [0.2, 0.25) is 0 Å². The average Bonchev–Trinajstić information content (AvgIpc) is 2.72. The van der Waals surface area contributed by atoms with Crippen LogP contribution in [0.1, 0.15) is 31.2 Å². The minimum Gasteiger partial charge on any atom is -0.481 e. The number of carboxylic acid groups (broad SMARTS) is 1. The van der Waals surface area contributed by atoms with Gasteiger partial charge >= 0.3 is 5.97 Å². The number of rotatable bonds is 4. The van der Waals surface area contributed by atoms with Crippen molar-refractivity contribution in [1.82, 2.24) is 15.1 Å². The van der Waals surface area contributed by atoms with Crippen molar-refractivity contribution >= 4 is 17.6 Å². The quantitative estimate of drug-likeness (QED) is 0.774. The normalized spacial score (nSPS) is 23.0. The first kappa shape index (κ1) is 15.5. The van der Waals surface area contributed by atoms with Crippen molar-refractivity contribution in [2.24, 2.45) is 5.92 Å². The third kappa shape index (κ3) is 3.60. The Labute approximate surface area is 123 Å². The van der Waals surface area contributed by atoms with E-state index in [9.17, 15) is 9.59 Å². The zero-order valence-corrected chi connectivity index (χ0v) is 12.6. The summed E-state index contributed by atoms with van der Waals surface area (Å²) in [4.78, 5) is 25.2. The fourth-order valence-corrected chi connectivity index (χ4v) is 2.78. The van der Waals surface area contributed by atoms with Crippen molar-refractivity contribution in [2.45, 2.75) is 39.7 Å². The van der Waals surface area contributed by atoms with Crippen LogP contribution < -0.4 is 5.32 Å². The smallest absolute Gasteiger partial charge is 0.306 e. The Morgan fingerprint density at radius 2 is 2.19 bits per heavy atom. The van der Waals surface area contributed by atoms with Crippen molar-refractivity contribution < 1.29 is 14.7 Å². The Balaban J connectivity index is 1.90. The van der Waals surface area contributed by atoms with E-state index in [1.807, 2.05) is 25.7 Å². The van der Waals surface area contributed by atoms with E-state index in [2.05, 4.69) is 15.5 Å². The number of hydrogen-bond donors (Lipinski definition) is 3. The number of aromatic nitrogens is 2. The van der Waals surface area contributed by atoms with Crippen LogP contribution >= 0.6 is 0 Å². The van der Waals surface area contributed by atoms with Crippen molar-refractivity contribution in [3.63, 3.8) is 0 Å². The number of carbonyl (C=O) groups is 2. The van der Waals surface area contributed by atoms with Crippen molar-refractivity contribution in [1.29, 1.82) is 0 Å². The number of nitrogens with one attached hydrogen (secondary N) is 2. The van der Waals surface area contributed by atoms with E-state index in [-0.39, 0.29) is 24.4 Å². The number of piperidine rings is 1. The van der Waals surface area contributed by atoms with Crippen LogP contribution in [0.3, 0.4) is 0 Å². The van der Waals surface area contributed by atoms with Crippen molar-refractivity contribution in [2.75, 3.05) is 18.4 Å². The van der Waals surface area contributed by atoms with Gasteiger partial charge in [-0.05, 0) is 40.2 Å². The van der Waals surface area contributed by atoms with Crippen LogP contribution in [0.5, 0.6) is 0 Å². The van der Waals surface area contributed by atoms with Gasteiger partial charge in [0.25, 0.3) is 0 Å². The SMILES string of the molecule is Cc1n[nH]c(C)c1NC(=O)CN1CCC(C(=O)O)CC1C. The number of carboxylic acids is 1. The van der Waals surface area contributed by atoms with Gasteiger partial charge in [0.1, 0.15) is 0 Å². The fourth-order valence-electron chi connectivity index (χ4n) is 2.78. The fraction of sp³-hybridized carbons (Fsp3) is 0.643. The van der Waals surface area contributed by atoms with E-state index in [4.69, 9.17) is 5.11 Å². The Kier molecular flexibility index (Phi) is 4.62. The molecule has 7 heteroatoms. The molecule has 7 nitrogen and oxygen atoms in total. The number of anilines is 1. The number of H-pyrrole nitrogens is 1. The number of amides is 1. The topological polar surface area (TPSA) is 98.3 Å². The number of likely N-dealkylation sites (tertiary alicyclic amines) is 1. The summed E-state index contributed by atoms with van der Waals surface area (Å²) in [5.74, 6) is -1.13. The second kappa shape index (κ2) is 6.26. The highest BCUT2D eigenvalue weighted by Gasteiger charge is 2.30. The number of aliphatic carboxylic acids is 1. The molecule has 2 unspecified atom stereocenters. The van der Waals surface area contributed by atoms with Gasteiger partial charge in [-0.1, -0.05) is 0 Å². The molecule has 0 spiro atoms. The van der Waals surface area contributed by atoms with Gasteiger partial charge in [0.2, 0.25) is 5.91 Å². The average molecular weight is 294 g/mol. The Morgan fingerprint density at radius 1 is 1.48 bits per heavy atom. The van der Waals surface area contributed by atoms with Crippen LogP contribution in [0.15, 0.2) is 0 Å². The molecule has 2 atom stereocenters. The molecule has 116 valence electrons. The molecule has 0 aromatic carbocycles. The summed E-state index contributed by atoms with van der Waals surface area (Å²) in [7, 11) is 0. The van der Waals surface area contributed by atoms with Gasteiger partial charge in [0.05, 0.1) is 29.5 Å². The van der Waals surface area contributed by atoms with Crippen LogP contribution in [0.25, 0.3) is 0 Å². The molecule has 3 N–H and O–H groups in total. The maximum Gasteiger partial charge on any atom is 0.306 e. The molecule has 0 saturated carbocycles. The summed E-state index contributed by atoms with van der Waals surface area (Å²) >= 11 is 0. The molecular weight excluding hydrogens is 272 g/mol. The number of carbonyl (C=O) groups excluding carboxylic acids is 1. The zero-order valence-electron chi connectivity index (χ0n) is 12.6. The lowest BCUT2D eigenvalue weighted by molar-refractivity contribution is -0.144. The second-order valence-electron chi connectivity index (χ2n) is 5.74. The standard InChI is InChI=1S/C14H22N4O3/c1-8-6-11(14(20)21)4-5-18(8)7-12(19)15-13-9(2)16-17-10(13)3/h8,11H,4-7H2,1-3H3,(H,15,19)(H,16,17)(H,20,21). The summed E-state index contributed by atoms with van der Waals surface area (Å²) in [5.41, 5.74) is 2.32. The van der Waals surface area contributed by atoms with Gasteiger partial charge in [0, 0.05) is 6.04 Å². The third-order valence-corrected chi connectivity index (χ3v) is 4.10. The van der Waals surface area contributed by atoms with Gasteiger partial charge in [-0.3, -0.25) is 19.6 Å². The summed E-state index contributed by atoms with van der Waals surface area (Å²) < 4.78 is 0. The highest BCUT2D eigenvalue weighted by Crippen LogP contribution is 2.23. The molecule has 1 aliphatic rings. The minimum absolute atomic E-state index is 0.0942. The van der Waals surface area contributed by atoms with Crippen LogP contribution in [0.4, 0.5) is 5.69 Å². The van der Waals surface area contributed by atoms with Crippen LogP contribution in [-0.4, -0.2) is 51.2 Å². The number of hydrogen-bond acceptors (Lipinski definition) is 4. The van der Waals surface area contributed by atoms with Gasteiger partial charge < -0.3 is 10.4 Å². The summed E-state index contributed by atoms with van der Waals surface area (Å²) in [5, 5.41) is 18.8. The number of nitrogens with zero attached hydrogens (tertiary/aromatic N) is 2. The molecule has 2 heterocycles. The van der Waals surface area contributed by atoms with E-state index in [0.29, 0.717) is 19.4 Å². The lowest BCUT2D eigenvalue weighted by Gasteiger charge is -2.35. The maximum absolute atomic E-state index is 12.1. The molecule has 1 aliphatic heterocycles. The maximum atomic E-state index is 12.1. The van der Waals surface area contributed by atoms with E-state index >= 15 is 0 Å². The Bertz CT molecular complexity index is 521. The largest absolute Gasteiger partial charge is 0.481 e. The molecule has 1 aromatic heterocycles. The summed E-state index contributed by atoms with van der Waals surface area (Å²) in [6.45, 7) is 6.57. The van der Waals surface area contributed by atoms with E-state index in [1.54, 1.807) is 0 Å². The molecule has 0 bridgehead atoms. The summed E-state index contributed by atoms with van der Waals surface area (Å²) in [6.07, 6.45) is 1.18. The minimum atomic E-state index is -0.740. The number of aryl methyl sites for hydroxylation is 2. The molecule has 2 rings (SSSR count). The molecule has 0 aliphatic carbocycles. The van der Waals surface area contributed by atoms with Crippen molar-refractivity contribution in [3.05, 3.63) is 11.4 Å². The van der Waals surface area contributed by atoms with Gasteiger partial charge in [-0.25, -0.2) is 0 Å². The predicted octanol–water partition coefficient (Wildman–Crippen LogP) is 1.15. The lowest BCUT2D eigenvalue weighted by atomic mass is 9.92. The van der Waals surface area contributed by atoms with Gasteiger partial charge in [-0.15, -0.1) is 0 Å². The third-order valence-electron chi connectivity index (χ3n) is 4.10. The van der Waals surface area contributed by atoms with E-state index in [0.717, 1.165) is 17.1 Å². The Morgan fingerprint density at radius 3 is 2.71 bits per heavy atom. The molecular formula is C14H22N4O3. The first-order valence-corrected chi connectivity index (χ1v) is 7.16. The molecule has 1 fully saturated rings. The zero-order chi connectivity index (χ0) is 15.6. The molecule has 21 heavy (non-hydrogen) atoms. The van der Waals surface area contributed by atoms with Gasteiger partial charge in [0.15, 0.2) is 0 Å². The molecule has 1 amide bonds. The molecule has 0 radical (unpaired) electrons. The van der Waals surface area contributed by atoms with Crippen molar-refractivity contribution in [3.8, 4) is 0 Å². The Hall–Kier alpha value is -1.89. The summed E-state index contributed by atoms with van der Waals surface area (Å²) in [6, 6.07) is 0.0946. The van der Waals surface area contributed by atoms with E-state index < -0.39 is 5.97 Å².